The number of hydrogen-bond donors (Lipinski definition) is 0. The number of rotatable bonds is 5. The molecule has 266 valence electrons. The van der Waals surface area contributed by atoms with E-state index in [2.05, 4.69) is 124 Å². The summed E-state index contributed by atoms with van der Waals surface area (Å²) in [6, 6.07) is 65.6. The minimum atomic E-state index is 0.595. The van der Waals surface area contributed by atoms with Gasteiger partial charge >= 0.3 is 0 Å². The Morgan fingerprint density at radius 2 is 0.842 bits per heavy atom. The van der Waals surface area contributed by atoms with Crippen LogP contribution >= 0.6 is 0 Å². The highest BCUT2D eigenvalue weighted by Gasteiger charge is 2.22. The van der Waals surface area contributed by atoms with Gasteiger partial charge in [0.25, 0.3) is 0 Å². The molecular weight excluding hydrogens is 699 g/mol. The van der Waals surface area contributed by atoms with Crippen molar-refractivity contribution in [3.05, 3.63) is 188 Å². The third-order valence-electron chi connectivity index (χ3n) is 11.2. The summed E-state index contributed by atoms with van der Waals surface area (Å²) in [4.78, 5) is 15.5. The van der Waals surface area contributed by atoms with Crippen molar-refractivity contribution in [3.63, 3.8) is 0 Å². The summed E-state index contributed by atoms with van der Waals surface area (Å²) in [7, 11) is 0. The van der Waals surface area contributed by atoms with E-state index in [0.717, 1.165) is 72.1 Å². The van der Waals surface area contributed by atoms with Gasteiger partial charge in [-0.1, -0.05) is 133 Å². The first kappa shape index (κ1) is 31.5. The van der Waals surface area contributed by atoms with E-state index in [4.69, 9.17) is 19.4 Å². The van der Waals surface area contributed by atoms with Gasteiger partial charge in [0, 0.05) is 60.8 Å². The van der Waals surface area contributed by atoms with Gasteiger partial charge in [-0.15, -0.1) is 0 Å². The van der Waals surface area contributed by atoms with E-state index in [1.54, 1.807) is 0 Å². The Labute approximate surface area is 326 Å². The molecular formula is C51H31N5O. The normalized spacial score (nSPS) is 11.9. The third kappa shape index (κ3) is 4.87. The SMILES string of the molecule is c1ccc(-c2nc(-c3ccccc3)nc(-c3ccc(-n4c5ccccc5c5cc6c(cc54)oc4ccccc46)cc3-n3c4ccccc4c4ccccc43)n2)cc1. The van der Waals surface area contributed by atoms with Crippen molar-refractivity contribution in [3.8, 4) is 45.5 Å². The molecule has 57 heavy (non-hydrogen) atoms. The molecule has 0 atom stereocenters. The van der Waals surface area contributed by atoms with E-state index in [1.807, 2.05) is 72.8 Å². The summed E-state index contributed by atoms with van der Waals surface area (Å²) in [5, 5.41) is 6.94. The molecule has 0 bridgehead atoms. The summed E-state index contributed by atoms with van der Waals surface area (Å²) < 4.78 is 11.2. The molecule has 0 saturated heterocycles. The van der Waals surface area contributed by atoms with E-state index < -0.39 is 0 Å². The highest BCUT2D eigenvalue weighted by atomic mass is 16.3. The highest BCUT2D eigenvalue weighted by molar-refractivity contribution is 6.17. The van der Waals surface area contributed by atoms with Gasteiger partial charge in [0.05, 0.1) is 27.8 Å². The van der Waals surface area contributed by atoms with Gasteiger partial charge in [-0.25, -0.2) is 15.0 Å². The van der Waals surface area contributed by atoms with Crippen LogP contribution < -0.4 is 0 Å². The van der Waals surface area contributed by atoms with Gasteiger partial charge in [-0.3, -0.25) is 0 Å². The van der Waals surface area contributed by atoms with Gasteiger partial charge in [0.2, 0.25) is 0 Å². The molecule has 0 spiro atoms. The molecule has 6 nitrogen and oxygen atoms in total. The number of hydrogen-bond acceptors (Lipinski definition) is 4. The number of nitrogens with zero attached hydrogens (tertiary/aromatic N) is 5. The molecule has 0 saturated carbocycles. The minimum Gasteiger partial charge on any atom is -0.456 e. The molecule has 12 aromatic rings. The van der Waals surface area contributed by atoms with Crippen LogP contribution in [0.3, 0.4) is 0 Å². The lowest BCUT2D eigenvalue weighted by Crippen LogP contribution is -2.05. The van der Waals surface area contributed by atoms with Crippen molar-refractivity contribution in [1.29, 1.82) is 0 Å². The lowest BCUT2D eigenvalue weighted by molar-refractivity contribution is 0.669. The van der Waals surface area contributed by atoms with Crippen LogP contribution in [0.1, 0.15) is 0 Å². The van der Waals surface area contributed by atoms with Crippen LogP contribution in [0.15, 0.2) is 192 Å². The molecule has 6 heteroatoms. The Bertz CT molecular complexity index is 3410. The largest absolute Gasteiger partial charge is 0.456 e. The molecule has 4 heterocycles. The van der Waals surface area contributed by atoms with Crippen molar-refractivity contribution < 1.29 is 4.42 Å². The van der Waals surface area contributed by atoms with Crippen molar-refractivity contribution >= 4 is 65.6 Å². The van der Waals surface area contributed by atoms with E-state index >= 15 is 0 Å². The first-order chi connectivity index (χ1) is 28.3. The molecule has 12 rings (SSSR count). The van der Waals surface area contributed by atoms with Gasteiger partial charge in [0.1, 0.15) is 11.2 Å². The topological polar surface area (TPSA) is 61.7 Å². The molecule has 0 fully saturated rings. The molecule has 0 unspecified atom stereocenters. The van der Waals surface area contributed by atoms with Crippen LogP contribution in [-0.2, 0) is 0 Å². The highest BCUT2D eigenvalue weighted by Crippen LogP contribution is 2.41. The summed E-state index contributed by atoms with van der Waals surface area (Å²) >= 11 is 0. The van der Waals surface area contributed by atoms with E-state index in [0.29, 0.717) is 17.5 Å². The Morgan fingerprint density at radius 3 is 1.47 bits per heavy atom. The van der Waals surface area contributed by atoms with Gasteiger partial charge in [-0.2, -0.15) is 0 Å². The predicted octanol–water partition coefficient (Wildman–Crippen LogP) is 13.0. The maximum absolute atomic E-state index is 6.46. The maximum Gasteiger partial charge on any atom is 0.166 e. The fraction of sp³-hybridized carbons (Fsp3) is 0. The Hall–Kier alpha value is -7.83. The molecule has 0 aliphatic heterocycles. The van der Waals surface area contributed by atoms with Crippen molar-refractivity contribution in [1.82, 2.24) is 24.1 Å². The second-order valence-corrected chi connectivity index (χ2v) is 14.4. The van der Waals surface area contributed by atoms with Crippen LogP contribution in [0.2, 0.25) is 0 Å². The molecule has 0 aliphatic rings. The standard InChI is InChI=1S/C51H31N5O/c1-3-15-32(16-4-1)49-52-50(33-17-5-2-6-18-33)54-51(53-49)39-28-27-34(29-45(39)56-43-24-12-7-19-35(43)36-20-8-13-25-44(36)56)55-42-23-11-9-21-37(42)40-30-41-38-22-10-14-26-47(38)57-48(41)31-46(40)55/h1-31H. The van der Waals surface area contributed by atoms with E-state index in [1.165, 1.54) is 21.5 Å². The van der Waals surface area contributed by atoms with Crippen LogP contribution in [0.4, 0.5) is 0 Å². The second kappa shape index (κ2) is 12.3. The van der Waals surface area contributed by atoms with Crippen LogP contribution in [0.5, 0.6) is 0 Å². The predicted molar refractivity (Wildman–Crippen MR) is 232 cm³/mol. The summed E-state index contributed by atoms with van der Waals surface area (Å²) in [5.41, 5.74) is 10.9. The zero-order valence-corrected chi connectivity index (χ0v) is 30.5. The fourth-order valence-corrected chi connectivity index (χ4v) is 8.61. The number of fused-ring (bicyclic) bond motifs is 9. The van der Waals surface area contributed by atoms with Gasteiger partial charge < -0.3 is 13.6 Å². The summed E-state index contributed by atoms with van der Waals surface area (Å²) in [6.45, 7) is 0. The second-order valence-electron chi connectivity index (χ2n) is 14.4. The lowest BCUT2D eigenvalue weighted by atomic mass is 10.1. The van der Waals surface area contributed by atoms with Crippen LogP contribution in [0.25, 0.3) is 111 Å². The van der Waals surface area contributed by atoms with Gasteiger partial charge in [0.15, 0.2) is 17.5 Å². The molecule has 0 radical (unpaired) electrons. The minimum absolute atomic E-state index is 0.595. The average Bonchev–Trinajstić information content (AvgIpc) is 3.93. The fourth-order valence-electron chi connectivity index (χ4n) is 8.61. The molecule has 4 aromatic heterocycles. The first-order valence-electron chi connectivity index (χ1n) is 19.1. The Balaban J connectivity index is 1.18. The number of furan rings is 1. The van der Waals surface area contributed by atoms with Gasteiger partial charge in [-0.05, 0) is 48.5 Å². The molecule has 0 N–H and O–H groups in total. The van der Waals surface area contributed by atoms with E-state index in [9.17, 15) is 0 Å². The molecule has 0 aliphatic carbocycles. The first-order valence-corrected chi connectivity index (χ1v) is 19.1. The number of para-hydroxylation sites is 4. The van der Waals surface area contributed by atoms with Crippen LogP contribution in [-0.4, -0.2) is 24.1 Å². The maximum atomic E-state index is 6.46. The zero-order valence-electron chi connectivity index (χ0n) is 30.5. The molecule has 0 amide bonds. The smallest absolute Gasteiger partial charge is 0.166 e. The average molecular weight is 730 g/mol. The quantitative estimate of drug-likeness (QED) is 0.177. The summed E-state index contributed by atoms with van der Waals surface area (Å²) in [6.07, 6.45) is 0. The Morgan fingerprint density at radius 1 is 0.333 bits per heavy atom. The van der Waals surface area contributed by atoms with Crippen molar-refractivity contribution in [2.45, 2.75) is 0 Å². The Kier molecular flexibility index (Phi) is 6.83. The number of benzene rings is 8. The molecule has 8 aromatic carbocycles. The van der Waals surface area contributed by atoms with Crippen molar-refractivity contribution in [2.75, 3.05) is 0 Å². The summed E-state index contributed by atoms with van der Waals surface area (Å²) in [5.74, 6) is 1.83. The lowest BCUT2D eigenvalue weighted by Gasteiger charge is -2.17. The van der Waals surface area contributed by atoms with E-state index in [-0.39, 0.29) is 0 Å². The van der Waals surface area contributed by atoms with Crippen LogP contribution in [0, 0.1) is 0 Å². The third-order valence-corrected chi connectivity index (χ3v) is 11.2. The zero-order chi connectivity index (χ0) is 37.5. The monoisotopic (exact) mass is 729 g/mol. The van der Waals surface area contributed by atoms with Crippen molar-refractivity contribution in [2.24, 2.45) is 0 Å². The number of aromatic nitrogens is 5.